The molecule has 5 aromatic rings. The largest absolute Gasteiger partial charge is 0.505 e. The van der Waals surface area contributed by atoms with Gasteiger partial charge in [-0.3, -0.25) is 9.44 Å². The van der Waals surface area contributed by atoms with Crippen molar-refractivity contribution in [2.45, 2.75) is 9.79 Å². The van der Waals surface area contributed by atoms with Gasteiger partial charge in [0.15, 0.2) is 0 Å². The van der Waals surface area contributed by atoms with Gasteiger partial charge in [0.05, 0.1) is 28.3 Å². The number of hydrogen-bond acceptors (Lipinski definition) is 6. The monoisotopic (exact) mass is 628 g/mol. The molecule has 0 aliphatic carbocycles. The SMILES string of the molecule is COc1ccc2ccccc2c1-c1cc(NS(=O)(=O)c2ccc(Cl)cc2)cc(NS(=O)(=O)c2ccc(Cl)cc2)c1O. The number of phenolic OH excluding ortho intramolecular Hbond substituents is 1. The lowest BCUT2D eigenvalue weighted by Crippen LogP contribution is -2.15. The summed E-state index contributed by atoms with van der Waals surface area (Å²) in [5, 5.41) is 13.7. The van der Waals surface area contributed by atoms with Crippen LogP contribution in [0.25, 0.3) is 21.9 Å². The van der Waals surface area contributed by atoms with E-state index in [0.717, 1.165) is 5.39 Å². The molecule has 0 spiro atoms. The molecule has 0 radical (unpaired) electrons. The van der Waals surface area contributed by atoms with E-state index in [9.17, 15) is 21.9 Å². The lowest BCUT2D eigenvalue weighted by Gasteiger charge is -2.19. The van der Waals surface area contributed by atoms with Crippen LogP contribution < -0.4 is 14.2 Å². The number of benzene rings is 5. The Morgan fingerprint density at radius 2 is 1.27 bits per heavy atom. The van der Waals surface area contributed by atoms with Crippen molar-refractivity contribution in [1.29, 1.82) is 0 Å². The van der Waals surface area contributed by atoms with Crippen LogP contribution in [-0.2, 0) is 20.0 Å². The van der Waals surface area contributed by atoms with Crippen LogP contribution in [0.15, 0.2) is 107 Å². The van der Waals surface area contributed by atoms with E-state index in [1.54, 1.807) is 12.1 Å². The highest BCUT2D eigenvalue weighted by atomic mass is 35.5. The summed E-state index contributed by atoms with van der Waals surface area (Å²) in [4.78, 5) is -0.180. The van der Waals surface area contributed by atoms with Gasteiger partial charge in [0.25, 0.3) is 20.0 Å². The van der Waals surface area contributed by atoms with E-state index in [4.69, 9.17) is 27.9 Å². The number of ether oxygens (including phenoxy) is 1. The van der Waals surface area contributed by atoms with E-state index < -0.39 is 25.8 Å². The standard InChI is InChI=1S/C29H22Cl2N2O6S2/c1-39-27-15-6-18-4-2-3-5-24(18)28(27)25-16-21(32-40(35,36)22-11-7-19(30)8-12-22)17-26(29(25)34)33-41(37,38)23-13-9-20(31)10-14-23/h2-17,32-34H,1H3. The number of nitrogens with one attached hydrogen (secondary N) is 2. The van der Waals surface area contributed by atoms with E-state index in [-0.39, 0.29) is 26.7 Å². The topological polar surface area (TPSA) is 122 Å². The van der Waals surface area contributed by atoms with Crippen molar-refractivity contribution >= 4 is 65.4 Å². The molecule has 0 unspecified atom stereocenters. The third-order valence-corrected chi connectivity index (χ3v) is 9.52. The second-order valence-corrected chi connectivity index (χ2v) is 13.1. The molecule has 0 amide bonds. The molecule has 0 fully saturated rings. The van der Waals surface area contributed by atoms with Crippen molar-refractivity contribution in [3.8, 4) is 22.6 Å². The zero-order valence-corrected chi connectivity index (χ0v) is 24.4. The average Bonchev–Trinajstić information content (AvgIpc) is 2.94. The van der Waals surface area contributed by atoms with E-state index in [1.807, 2.05) is 24.3 Å². The summed E-state index contributed by atoms with van der Waals surface area (Å²) < 4.78 is 63.4. The lowest BCUT2D eigenvalue weighted by atomic mass is 9.95. The third-order valence-electron chi connectivity index (χ3n) is 6.23. The number of rotatable bonds is 8. The van der Waals surface area contributed by atoms with Crippen molar-refractivity contribution in [2.75, 3.05) is 16.6 Å². The van der Waals surface area contributed by atoms with E-state index >= 15 is 0 Å². The minimum atomic E-state index is -4.22. The van der Waals surface area contributed by atoms with Gasteiger partial charge in [-0.05, 0) is 77.5 Å². The minimum absolute atomic E-state index is 0.0171. The molecule has 5 aromatic carbocycles. The zero-order chi connectivity index (χ0) is 29.4. The number of halogens is 2. The van der Waals surface area contributed by atoms with E-state index in [2.05, 4.69) is 9.44 Å². The summed E-state index contributed by atoms with van der Waals surface area (Å²) >= 11 is 11.8. The molecule has 0 atom stereocenters. The van der Waals surface area contributed by atoms with Crippen LogP contribution >= 0.6 is 23.2 Å². The first-order chi connectivity index (χ1) is 19.5. The fraction of sp³-hybridized carbons (Fsp3) is 0.0345. The van der Waals surface area contributed by atoms with Crippen LogP contribution in [0.3, 0.4) is 0 Å². The zero-order valence-electron chi connectivity index (χ0n) is 21.3. The predicted octanol–water partition coefficient (Wildman–Crippen LogP) is 7.13. The molecule has 0 aliphatic heterocycles. The lowest BCUT2D eigenvalue weighted by molar-refractivity contribution is 0.416. The molecule has 0 heterocycles. The van der Waals surface area contributed by atoms with Crippen LogP contribution in [0.2, 0.25) is 10.0 Å². The third kappa shape index (κ3) is 5.91. The van der Waals surface area contributed by atoms with Gasteiger partial charge in [-0.1, -0.05) is 53.5 Å². The van der Waals surface area contributed by atoms with Crippen molar-refractivity contribution in [3.05, 3.63) is 107 Å². The van der Waals surface area contributed by atoms with Gasteiger partial charge in [-0.15, -0.1) is 0 Å². The summed E-state index contributed by atoms with van der Waals surface area (Å²) in [6.07, 6.45) is 0. The van der Waals surface area contributed by atoms with Crippen molar-refractivity contribution < 1.29 is 26.7 Å². The molecule has 0 saturated heterocycles. The molecule has 0 bridgehead atoms. The van der Waals surface area contributed by atoms with E-state index in [0.29, 0.717) is 26.7 Å². The summed E-state index contributed by atoms with van der Waals surface area (Å²) in [5.74, 6) is -0.0603. The fourth-order valence-corrected chi connectivity index (χ4v) is 6.66. The second-order valence-electron chi connectivity index (χ2n) is 8.90. The first-order valence-electron chi connectivity index (χ1n) is 12.0. The molecule has 0 aliphatic rings. The van der Waals surface area contributed by atoms with Crippen LogP contribution in [0.5, 0.6) is 11.5 Å². The minimum Gasteiger partial charge on any atom is -0.505 e. The highest BCUT2D eigenvalue weighted by Gasteiger charge is 2.24. The number of aromatic hydroxyl groups is 1. The summed E-state index contributed by atoms with van der Waals surface area (Å²) in [6, 6.07) is 24.5. The smallest absolute Gasteiger partial charge is 0.262 e. The van der Waals surface area contributed by atoms with Crippen LogP contribution in [0.1, 0.15) is 0 Å². The Morgan fingerprint density at radius 3 is 1.85 bits per heavy atom. The summed E-state index contributed by atoms with van der Waals surface area (Å²) in [5.41, 5.74) is 0.282. The maximum Gasteiger partial charge on any atom is 0.262 e. The fourth-order valence-electron chi connectivity index (χ4n) is 4.31. The van der Waals surface area contributed by atoms with Crippen molar-refractivity contribution in [3.63, 3.8) is 0 Å². The number of fused-ring (bicyclic) bond motifs is 1. The normalized spacial score (nSPS) is 11.8. The number of anilines is 2. The Kier molecular flexibility index (Phi) is 7.76. The predicted molar refractivity (Wildman–Crippen MR) is 162 cm³/mol. The van der Waals surface area contributed by atoms with Gasteiger partial charge in [-0.2, -0.15) is 0 Å². The van der Waals surface area contributed by atoms with Crippen LogP contribution in [0.4, 0.5) is 11.4 Å². The van der Waals surface area contributed by atoms with Crippen LogP contribution in [0, 0.1) is 0 Å². The number of hydrogen-bond donors (Lipinski definition) is 3. The van der Waals surface area contributed by atoms with Gasteiger partial charge in [-0.25, -0.2) is 16.8 Å². The molecular formula is C29H22Cl2N2O6S2. The van der Waals surface area contributed by atoms with Gasteiger partial charge >= 0.3 is 0 Å². The molecule has 210 valence electrons. The van der Waals surface area contributed by atoms with E-state index in [1.165, 1.54) is 67.8 Å². The Hall–Kier alpha value is -3.96. The molecule has 41 heavy (non-hydrogen) atoms. The van der Waals surface area contributed by atoms with Gasteiger partial charge in [0, 0.05) is 21.2 Å². The summed E-state index contributed by atoms with van der Waals surface area (Å²) in [6.45, 7) is 0. The van der Waals surface area contributed by atoms with Gasteiger partial charge in [0.1, 0.15) is 11.5 Å². The Morgan fingerprint density at radius 1 is 0.707 bits per heavy atom. The van der Waals surface area contributed by atoms with Gasteiger partial charge in [0.2, 0.25) is 0 Å². The molecular weight excluding hydrogens is 607 g/mol. The Bertz CT molecular complexity index is 1980. The quantitative estimate of drug-likeness (QED) is 0.124. The highest BCUT2D eigenvalue weighted by Crippen LogP contribution is 2.46. The molecule has 8 nitrogen and oxygen atoms in total. The Balaban J connectivity index is 1.71. The van der Waals surface area contributed by atoms with Crippen LogP contribution in [-0.4, -0.2) is 29.1 Å². The second kappa shape index (κ2) is 11.1. The van der Waals surface area contributed by atoms with Gasteiger partial charge < -0.3 is 9.84 Å². The molecule has 12 heteroatoms. The number of sulfonamides is 2. The number of phenols is 1. The maximum absolute atomic E-state index is 13.3. The highest BCUT2D eigenvalue weighted by molar-refractivity contribution is 7.93. The Labute approximate surface area is 247 Å². The number of methoxy groups -OCH3 is 1. The summed E-state index contributed by atoms with van der Waals surface area (Å²) in [7, 11) is -6.89. The van der Waals surface area contributed by atoms with Crippen molar-refractivity contribution in [2.24, 2.45) is 0 Å². The molecule has 0 aromatic heterocycles. The molecule has 3 N–H and O–H groups in total. The first-order valence-corrected chi connectivity index (χ1v) is 15.7. The molecule has 0 saturated carbocycles. The molecule has 5 rings (SSSR count). The van der Waals surface area contributed by atoms with Crippen molar-refractivity contribution in [1.82, 2.24) is 0 Å². The average molecular weight is 630 g/mol. The first kappa shape index (κ1) is 28.6. The maximum atomic E-state index is 13.3.